The Labute approximate surface area is 626 Å². The first-order valence-corrected chi connectivity index (χ1v) is 45.8. The molecule has 0 fully saturated rings. The van der Waals surface area contributed by atoms with Crippen molar-refractivity contribution in [2.75, 3.05) is 39.6 Å². The van der Waals surface area contributed by atoms with Gasteiger partial charge in [-0.15, -0.1) is 0 Å². The van der Waals surface area contributed by atoms with E-state index in [1.54, 1.807) is 0 Å². The van der Waals surface area contributed by atoms with Gasteiger partial charge in [-0.05, 0) is 49.4 Å². The van der Waals surface area contributed by atoms with Gasteiger partial charge in [-0.3, -0.25) is 37.3 Å². The van der Waals surface area contributed by atoms with Crippen LogP contribution in [-0.2, 0) is 65.4 Å². The molecule has 0 aromatic rings. The zero-order valence-electron chi connectivity index (χ0n) is 67.2. The molecule has 102 heavy (non-hydrogen) atoms. The number of ether oxygens (including phenoxy) is 4. The first-order chi connectivity index (χ1) is 49.2. The Balaban J connectivity index is 5.23. The molecule has 0 spiro atoms. The van der Waals surface area contributed by atoms with Gasteiger partial charge in [0.25, 0.3) is 0 Å². The highest BCUT2D eigenvalue weighted by Crippen LogP contribution is 2.45. The van der Waals surface area contributed by atoms with Crippen LogP contribution in [0.15, 0.2) is 0 Å². The molecule has 17 nitrogen and oxygen atoms in total. The summed E-state index contributed by atoms with van der Waals surface area (Å²) < 4.78 is 68.8. The van der Waals surface area contributed by atoms with E-state index in [0.29, 0.717) is 25.7 Å². The van der Waals surface area contributed by atoms with Crippen LogP contribution in [0.1, 0.15) is 428 Å². The number of rotatable bonds is 80. The van der Waals surface area contributed by atoms with E-state index >= 15 is 0 Å². The van der Waals surface area contributed by atoms with E-state index in [2.05, 4.69) is 55.4 Å². The molecule has 0 amide bonds. The van der Waals surface area contributed by atoms with Gasteiger partial charge in [-0.1, -0.05) is 376 Å². The summed E-state index contributed by atoms with van der Waals surface area (Å²) in [5.41, 5.74) is 0. The quantitative estimate of drug-likeness (QED) is 0.0222. The van der Waals surface area contributed by atoms with Gasteiger partial charge in [0.05, 0.1) is 26.4 Å². The normalized spacial score (nSPS) is 14.5. The number of carbonyl (C=O) groups is 4. The number of phosphoric acid groups is 2. The maximum Gasteiger partial charge on any atom is 0.472 e. The highest BCUT2D eigenvalue weighted by atomic mass is 31.2. The van der Waals surface area contributed by atoms with E-state index in [1.807, 2.05) is 0 Å². The molecule has 0 radical (unpaired) electrons. The summed E-state index contributed by atoms with van der Waals surface area (Å²) in [4.78, 5) is 73.1. The number of hydrogen-bond acceptors (Lipinski definition) is 15. The molecule has 0 aliphatic rings. The molecule has 0 heterocycles. The molecule has 0 aliphatic heterocycles. The Bertz CT molecular complexity index is 1990. The average molecular weight is 1490 g/mol. The van der Waals surface area contributed by atoms with Crippen molar-refractivity contribution in [1.29, 1.82) is 0 Å². The third kappa shape index (κ3) is 73.6. The van der Waals surface area contributed by atoms with E-state index in [9.17, 15) is 43.2 Å². The van der Waals surface area contributed by atoms with Crippen molar-refractivity contribution < 1.29 is 80.2 Å². The Morgan fingerprint density at radius 1 is 0.275 bits per heavy atom. The summed E-state index contributed by atoms with van der Waals surface area (Å²) in [6.45, 7) is 14.3. The lowest BCUT2D eigenvalue weighted by Gasteiger charge is -2.21. The molecule has 0 aromatic heterocycles. The van der Waals surface area contributed by atoms with Gasteiger partial charge in [0.15, 0.2) is 12.2 Å². The van der Waals surface area contributed by atoms with E-state index in [-0.39, 0.29) is 25.7 Å². The first-order valence-electron chi connectivity index (χ1n) is 42.8. The van der Waals surface area contributed by atoms with Crippen LogP contribution in [-0.4, -0.2) is 96.7 Å². The fourth-order valence-corrected chi connectivity index (χ4v) is 14.3. The monoisotopic (exact) mass is 1490 g/mol. The fraction of sp³-hybridized carbons (Fsp3) is 0.952. The van der Waals surface area contributed by atoms with Gasteiger partial charge >= 0.3 is 39.5 Å². The molecule has 0 rings (SSSR count). The Hall–Kier alpha value is -1.94. The molecular weight excluding hydrogens is 1330 g/mol. The van der Waals surface area contributed by atoms with Gasteiger partial charge in [0.2, 0.25) is 0 Å². The summed E-state index contributed by atoms with van der Waals surface area (Å²) >= 11 is 0. The van der Waals surface area contributed by atoms with Crippen molar-refractivity contribution in [2.45, 2.75) is 446 Å². The third-order valence-corrected chi connectivity index (χ3v) is 21.9. The van der Waals surface area contributed by atoms with Crippen molar-refractivity contribution in [3.63, 3.8) is 0 Å². The molecule has 0 bridgehead atoms. The van der Waals surface area contributed by atoms with E-state index in [4.69, 9.17) is 37.0 Å². The molecule has 606 valence electrons. The number of unbranched alkanes of at least 4 members (excludes halogenated alkanes) is 44. The zero-order valence-corrected chi connectivity index (χ0v) is 69.0. The lowest BCUT2D eigenvalue weighted by Crippen LogP contribution is -2.30. The largest absolute Gasteiger partial charge is 0.472 e. The van der Waals surface area contributed by atoms with Gasteiger partial charge < -0.3 is 33.8 Å². The second-order valence-corrected chi connectivity index (χ2v) is 34.2. The van der Waals surface area contributed by atoms with Gasteiger partial charge in [-0.2, -0.15) is 0 Å². The Kier molecular flexibility index (Phi) is 70.6. The van der Waals surface area contributed by atoms with Crippen LogP contribution >= 0.6 is 15.6 Å². The minimum Gasteiger partial charge on any atom is -0.462 e. The molecule has 19 heteroatoms. The van der Waals surface area contributed by atoms with Crippen LogP contribution in [0.2, 0.25) is 0 Å². The molecule has 4 unspecified atom stereocenters. The van der Waals surface area contributed by atoms with Crippen molar-refractivity contribution in [3.8, 4) is 0 Å². The van der Waals surface area contributed by atoms with Crippen LogP contribution in [0, 0.1) is 23.7 Å². The third-order valence-electron chi connectivity index (χ3n) is 20.0. The summed E-state index contributed by atoms with van der Waals surface area (Å²) in [5.74, 6) is 1.05. The van der Waals surface area contributed by atoms with E-state index in [1.165, 1.54) is 225 Å². The molecule has 3 N–H and O–H groups in total. The first kappa shape index (κ1) is 100. The number of phosphoric ester groups is 2. The van der Waals surface area contributed by atoms with Crippen LogP contribution in [0.3, 0.4) is 0 Å². The van der Waals surface area contributed by atoms with E-state index < -0.39 is 97.5 Å². The topological polar surface area (TPSA) is 237 Å². The number of hydrogen-bond donors (Lipinski definition) is 3. The summed E-state index contributed by atoms with van der Waals surface area (Å²) in [5, 5.41) is 10.7. The smallest absolute Gasteiger partial charge is 0.462 e. The second-order valence-electron chi connectivity index (χ2n) is 31.3. The molecule has 0 aliphatic carbocycles. The minimum absolute atomic E-state index is 0.107. The molecular formula is C83H162O17P2. The maximum absolute atomic E-state index is 13.1. The molecule has 7 atom stereocenters. The van der Waals surface area contributed by atoms with Crippen molar-refractivity contribution in [3.05, 3.63) is 0 Å². The predicted molar refractivity (Wildman–Crippen MR) is 418 cm³/mol. The molecule has 0 saturated heterocycles. The number of aliphatic hydroxyl groups is 1. The highest BCUT2D eigenvalue weighted by molar-refractivity contribution is 7.47. The minimum atomic E-state index is -4.96. The Morgan fingerprint density at radius 2 is 0.471 bits per heavy atom. The van der Waals surface area contributed by atoms with Crippen molar-refractivity contribution in [1.82, 2.24) is 0 Å². The second kappa shape index (κ2) is 72.0. The van der Waals surface area contributed by atoms with Crippen LogP contribution in [0.4, 0.5) is 0 Å². The van der Waals surface area contributed by atoms with E-state index in [0.717, 1.165) is 120 Å². The zero-order chi connectivity index (χ0) is 75.3. The van der Waals surface area contributed by atoms with Gasteiger partial charge in [0, 0.05) is 25.7 Å². The number of carbonyl (C=O) groups excluding carboxylic acids is 4. The SMILES string of the molecule is CCC(C)CCCCCCCCCCCCC(=O)OC[C@H](COP(=O)(O)OC[C@@H](O)COP(=O)(O)OC[C@@H](COC(=O)CCCCCCCCC(C)CC)OC(=O)CCCCCCCCCCCCCCCCCCC(C)C)OC(=O)CCCCCCCCCCCCCCCCCCC(C)C. The molecule has 0 aromatic carbocycles. The lowest BCUT2D eigenvalue weighted by atomic mass is 9.99. The van der Waals surface area contributed by atoms with Gasteiger partial charge in [-0.25, -0.2) is 9.13 Å². The van der Waals surface area contributed by atoms with Crippen LogP contribution in [0.25, 0.3) is 0 Å². The highest BCUT2D eigenvalue weighted by Gasteiger charge is 2.30. The lowest BCUT2D eigenvalue weighted by molar-refractivity contribution is -0.161. The van der Waals surface area contributed by atoms with Crippen LogP contribution in [0.5, 0.6) is 0 Å². The standard InChI is InChI=1S/C83H162O17P2/c1-9-75(7)61-53-45-37-31-27-28-32-38-47-55-63-80(85)93-69-78(99-82(87)65-57-49-39-33-25-21-17-13-11-15-19-23-29-35-43-51-59-73(3)4)71-97-101(89,90)95-67-77(84)68-96-102(91,92)98-72-79(70-94-81(86)64-56-48-42-41-46-54-62-76(8)10-2)100-83(88)66-58-50-40-34-26-22-18-14-12-16-20-24-30-36-44-52-60-74(5)6/h73-79,84H,9-72H2,1-8H3,(H,89,90)(H,91,92)/t75?,76?,77-,78-,79-/m1/s1. The van der Waals surface area contributed by atoms with Crippen molar-refractivity contribution in [2.24, 2.45) is 23.7 Å². The number of aliphatic hydroxyl groups excluding tert-OH is 1. The van der Waals surface area contributed by atoms with Gasteiger partial charge in [0.1, 0.15) is 19.3 Å². The summed E-state index contributed by atoms with van der Waals surface area (Å²) in [6.07, 6.45) is 59.6. The summed E-state index contributed by atoms with van der Waals surface area (Å²) in [6, 6.07) is 0. The maximum atomic E-state index is 13.1. The fourth-order valence-electron chi connectivity index (χ4n) is 12.7. The number of esters is 4. The summed E-state index contributed by atoms with van der Waals surface area (Å²) in [7, 11) is -9.93. The Morgan fingerprint density at radius 3 is 0.696 bits per heavy atom. The average Bonchev–Trinajstić information content (AvgIpc) is 0.913. The molecule has 0 saturated carbocycles. The van der Waals surface area contributed by atoms with Crippen LogP contribution < -0.4 is 0 Å². The van der Waals surface area contributed by atoms with Crippen molar-refractivity contribution >= 4 is 39.5 Å². The predicted octanol–water partition coefficient (Wildman–Crippen LogP) is 24.8.